The van der Waals surface area contributed by atoms with Crippen molar-refractivity contribution in [1.29, 1.82) is 0 Å². The summed E-state index contributed by atoms with van der Waals surface area (Å²) in [5.74, 6) is -1.03. The van der Waals surface area contributed by atoms with Crippen molar-refractivity contribution in [3.8, 4) is 10.6 Å². The first-order valence-corrected chi connectivity index (χ1v) is 8.92. The predicted octanol–water partition coefficient (Wildman–Crippen LogP) is 3.86. The van der Waals surface area contributed by atoms with Gasteiger partial charge in [0.2, 0.25) is 5.91 Å². The van der Waals surface area contributed by atoms with Crippen LogP contribution in [0.15, 0.2) is 53.9 Å². The van der Waals surface area contributed by atoms with Gasteiger partial charge in [0.25, 0.3) is 5.91 Å². The van der Waals surface area contributed by atoms with Gasteiger partial charge in [-0.1, -0.05) is 24.3 Å². The van der Waals surface area contributed by atoms with E-state index in [2.05, 4.69) is 10.3 Å². The third-order valence-electron chi connectivity index (χ3n) is 3.86. The van der Waals surface area contributed by atoms with Gasteiger partial charge in [-0.05, 0) is 29.8 Å². The molecule has 3 N–H and O–H groups in total. The van der Waals surface area contributed by atoms with Gasteiger partial charge in [0.15, 0.2) is 0 Å². The van der Waals surface area contributed by atoms with E-state index in [-0.39, 0.29) is 12.2 Å². The normalized spacial score (nSPS) is 11.2. The quantitative estimate of drug-likeness (QED) is 0.676. The average Bonchev–Trinajstić information content (AvgIpc) is 3.16. The van der Waals surface area contributed by atoms with Gasteiger partial charge >= 0.3 is 6.18 Å². The first-order chi connectivity index (χ1) is 13.2. The second kappa shape index (κ2) is 7.81. The van der Waals surface area contributed by atoms with Crippen LogP contribution in [-0.2, 0) is 12.7 Å². The molecule has 28 heavy (non-hydrogen) atoms. The maximum Gasteiger partial charge on any atom is 0.416 e. The van der Waals surface area contributed by atoms with Crippen LogP contribution in [0.1, 0.15) is 32.0 Å². The van der Waals surface area contributed by atoms with Gasteiger partial charge in [0.05, 0.1) is 5.56 Å². The Hall–Kier alpha value is -3.20. The van der Waals surface area contributed by atoms with Crippen LogP contribution in [0.25, 0.3) is 10.6 Å². The number of benzene rings is 2. The third-order valence-corrected chi connectivity index (χ3v) is 4.75. The Kier molecular flexibility index (Phi) is 5.46. The SMILES string of the molecule is NC(=O)c1ccc(-c2nc(C(=O)NCc3cccc(C(F)(F)F)c3)cs2)cc1. The number of nitrogens with zero attached hydrogens (tertiary/aromatic N) is 1. The topological polar surface area (TPSA) is 85.1 Å². The summed E-state index contributed by atoms with van der Waals surface area (Å²) in [6, 6.07) is 11.2. The number of nitrogens with two attached hydrogens (primary N) is 1. The molecule has 2 aromatic carbocycles. The maximum atomic E-state index is 12.7. The number of primary amides is 1. The average molecular weight is 405 g/mol. The summed E-state index contributed by atoms with van der Waals surface area (Å²) in [5, 5.41) is 4.68. The highest BCUT2D eigenvalue weighted by Gasteiger charge is 2.30. The molecule has 0 radical (unpaired) electrons. The summed E-state index contributed by atoms with van der Waals surface area (Å²) in [4.78, 5) is 27.6. The molecule has 0 saturated heterocycles. The molecule has 3 rings (SSSR count). The summed E-state index contributed by atoms with van der Waals surface area (Å²) < 4.78 is 38.2. The number of halogens is 3. The number of hydrogen-bond donors (Lipinski definition) is 2. The van der Waals surface area contributed by atoms with Crippen LogP contribution in [-0.4, -0.2) is 16.8 Å². The molecule has 0 atom stereocenters. The molecule has 0 aliphatic carbocycles. The lowest BCUT2D eigenvalue weighted by molar-refractivity contribution is -0.137. The molecule has 0 aliphatic rings. The molecule has 144 valence electrons. The van der Waals surface area contributed by atoms with Gasteiger partial charge in [-0.2, -0.15) is 13.2 Å². The highest BCUT2D eigenvalue weighted by atomic mass is 32.1. The Morgan fingerprint density at radius 2 is 1.82 bits per heavy atom. The Bertz CT molecular complexity index is 1010. The summed E-state index contributed by atoms with van der Waals surface area (Å²) in [6.07, 6.45) is -4.44. The van der Waals surface area contributed by atoms with Gasteiger partial charge in [-0.15, -0.1) is 11.3 Å². The van der Waals surface area contributed by atoms with E-state index in [1.54, 1.807) is 29.6 Å². The summed E-state index contributed by atoms with van der Waals surface area (Å²) in [5.41, 5.74) is 5.99. The maximum absolute atomic E-state index is 12.7. The van der Waals surface area contributed by atoms with Crippen molar-refractivity contribution in [3.63, 3.8) is 0 Å². The van der Waals surface area contributed by atoms with Gasteiger partial charge in [0, 0.05) is 23.1 Å². The highest BCUT2D eigenvalue weighted by molar-refractivity contribution is 7.13. The second-order valence-corrected chi connectivity index (χ2v) is 6.72. The summed E-state index contributed by atoms with van der Waals surface area (Å²) in [6.45, 7) is -0.0527. The van der Waals surface area contributed by atoms with E-state index in [1.165, 1.54) is 23.5 Å². The lowest BCUT2D eigenvalue weighted by Gasteiger charge is -2.09. The number of aromatic nitrogens is 1. The first-order valence-electron chi connectivity index (χ1n) is 8.04. The zero-order chi connectivity index (χ0) is 20.3. The molecule has 3 aromatic rings. The van der Waals surface area contributed by atoms with Gasteiger partial charge in [-0.25, -0.2) is 4.98 Å². The van der Waals surface area contributed by atoms with E-state index in [0.717, 1.165) is 12.1 Å². The fourth-order valence-corrected chi connectivity index (χ4v) is 3.22. The van der Waals surface area contributed by atoms with Crippen molar-refractivity contribution in [3.05, 3.63) is 76.3 Å². The van der Waals surface area contributed by atoms with Crippen LogP contribution in [0.3, 0.4) is 0 Å². The minimum atomic E-state index is -4.44. The zero-order valence-corrected chi connectivity index (χ0v) is 15.1. The lowest BCUT2D eigenvalue weighted by atomic mass is 10.1. The van der Waals surface area contributed by atoms with E-state index < -0.39 is 23.6 Å². The molecule has 1 aromatic heterocycles. The van der Waals surface area contributed by atoms with Crippen molar-refractivity contribution in [1.82, 2.24) is 10.3 Å². The molecule has 1 heterocycles. The Labute approximate surface area is 162 Å². The van der Waals surface area contributed by atoms with Gasteiger partial charge in [0.1, 0.15) is 10.7 Å². The van der Waals surface area contributed by atoms with Crippen molar-refractivity contribution in [2.45, 2.75) is 12.7 Å². The van der Waals surface area contributed by atoms with Crippen LogP contribution < -0.4 is 11.1 Å². The summed E-state index contributed by atoms with van der Waals surface area (Å²) in [7, 11) is 0. The Balaban J connectivity index is 1.67. The molecule has 0 unspecified atom stereocenters. The first kappa shape index (κ1) is 19.6. The van der Waals surface area contributed by atoms with Crippen molar-refractivity contribution in [2.24, 2.45) is 5.73 Å². The monoisotopic (exact) mass is 405 g/mol. The van der Waals surface area contributed by atoms with E-state index in [0.29, 0.717) is 21.7 Å². The molecule has 2 amide bonds. The molecule has 0 fully saturated rings. The number of alkyl halides is 3. The minimum Gasteiger partial charge on any atom is -0.366 e. The van der Waals surface area contributed by atoms with Crippen molar-refractivity contribution < 1.29 is 22.8 Å². The standard InChI is InChI=1S/C19H14F3N3O2S/c20-19(21,22)14-3-1-2-11(8-14)9-24-17(27)15-10-28-18(25-15)13-6-4-12(5-7-13)16(23)26/h1-8,10H,9H2,(H2,23,26)(H,24,27). The Morgan fingerprint density at radius 1 is 1.11 bits per heavy atom. The van der Waals surface area contributed by atoms with Gasteiger partial charge in [-0.3, -0.25) is 9.59 Å². The van der Waals surface area contributed by atoms with Crippen LogP contribution in [0.5, 0.6) is 0 Å². The van der Waals surface area contributed by atoms with Crippen LogP contribution >= 0.6 is 11.3 Å². The summed E-state index contributed by atoms with van der Waals surface area (Å²) >= 11 is 1.24. The van der Waals surface area contributed by atoms with E-state index in [9.17, 15) is 22.8 Å². The lowest BCUT2D eigenvalue weighted by Crippen LogP contribution is -2.23. The molecule has 0 aliphatic heterocycles. The number of thiazole rings is 1. The van der Waals surface area contributed by atoms with Crippen molar-refractivity contribution >= 4 is 23.2 Å². The predicted molar refractivity (Wildman–Crippen MR) is 98.7 cm³/mol. The fraction of sp³-hybridized carbons (Fsp3) is 0.105. The molecular formula is C19H14F3N3O2S. The molecule has 0 saturated carbocycles. The van der Waals surface area contributed by atoms with E-state index in [1.807, 2.05) is 0 Å². The number of rotatable bonds is 5. The number of carbonyl (C=O) groups excluding carboxylic acids is 2. The fourth-order valence-electron chi connectivity index (χ4n) is 2.42. The van der Waals surface area contributed by atoms with Crippen LogP contribution in [0.4, 0.5) is 13.2 Å². The van der Waals surface area contributed by atoms with Crippen LogP contribution in [0.2, 0.25) is 0 Å². The third kappa shape index (κ3) is 4.55. The van der Waals surface area contributed by atoms with E-state index in [4.69, 9.17) is 5.73 Å². The highest BCUT2D eigenvalue weighted by Crippen LogP contribution is 2.29. The number of hydrogen-bond acceptors (Lipinski definition) is 4. The smallest absolute Gasteiger partial charge is 0.366 e. The molecule has 5 nitrogen and oxygen atoms in total. The van der Waals surface area contributed by atoms with Crippen molar-refractivity contribution in [2.75, 3.05) is 0 Å². The molecule has 9 heteroatoms. The van der Waals surface area contributed by atoms with Crippen LogP contribution in [0, 0.1) is 0 Å². The molecule has 0 bridgehead atoms. The molecule has 0 spiro atoms. The zero-order valence-electron chi connectivity index (χ0n) is 14.3. The molecular weight excluding hydrogens is 391 g/mol. The van der Waals surface area contributed by atoms with E-state index >= 15 is 0 Å². The number of nitrogens with one attached hydrogen (secondary N) is 1. The van der Waals surface area contributed by atoms with Gasteiger partial charge < -0.3 is 11.1 Å². The second-order valence-electron chi connectivity index (χ2n) is 5.86. The largest absolute Gasteiger partial charge is 0.416 e. The Morgan fingerprint density at radius 3 is 2.46 bits per heavy atom. The minimum absolute atomic E-state index is 0.0527. The number of amides is 2. The number of carbonyl (C=O) groups is 2.